The number of carbonyl (C=O) groups is 2. The maximum absolute atomic E-state index is 12.7. The van der Waals surface area contributed by atoms with E-state index in [1.165, 1.54) is 10.9 Å². The van der Waals surface area contributed by atoms with E-state index in [-0.39, 0.29) is 17.7 Å². The summed E-state index contributed by atoms with van der Waals surface area (Å²) in [6, 6.07) is 8.23. The molecule has 1 atom stereocenters. The third-order valence-corrected chi connectivity index (χ3v) is 5.99. The molecule has 26 heavy (non-hydrogen) atoms. The van der Waals surface area contributed by atoms with Crippen molar-refractivity contribution in [3.63, 3.8) is 0 Å². The molecule has 1 unspecified atom stereocenters. The molecule has 2 saturated heterocycles. The number of aromatic nitrogens is 1. The van der Waals surface area contributed by atoms with Gasteiger partial charge in [-0.1, -0.05) is 25.1 Å². The minimum absolute atomic E-state index is 0.119. The van der Waals surface area contributed by atoms with Gasteiger partial charge >= 0.3 is 0 Å². The number of benzene rings is 1. The molecule has 3 heterocycles. The van der Waals surface area contributed by atoms with Crippen molar-refractivity contribution in [2.24, 2.45) is 11.8 Å². The molecule has 2 amide bonds. The quantitative estimate of drug-likeness (QED) is 0.919. The van der Waals surface area contributed by atoms with Crippen LogP contribution < -0.4 is 0 Å². The van der Waals surface area contributed by atoms with Gasteiger partial charge in [-0.25, -0.2) is 0 Å². The van der Waals surface area contributed by atoms with Gasteiger partial charge in [-0.3, -0.25) is 9.59 Å². The minimum Gasteiger partial charge on any atom is -0.361 e. The van der Waals surface area contributed by atoms with E-state index in [4.69, 9.17) is 0 Å². The molecular weight excluding hydrogens is 326 g/mol. The molecule has 2 aromatic rings. The van der Waals surface area contributed by atoms with E-state index in [0.29, 0.717) is 25.4 Å². The number of carbonyl (C=O) groups excluding carboxylic acids is 2. The Balaban J connectivity index is 1.35. The smallest absolute Gasteiger partial charge is 0.227 e. The molecule has 1 aromatic carbocycles. The van der Waals surface area contributed by atoms with Crippen LogP contribution in [0.15, 0.2) is 30.5 Å². The maximum Gasteiger partial charge on any atom is 0.227 e. The van der Waals surface area contributed by atoms with Crippen LogP contribution in [-0.4, -0.2) is 52.8 Å². The fourth-order valence-electron chi connectivity index (χ4n) is 4.23. The van der Waals surface area contributed by atoms with Gasteiger partial charge in [-0.05, 0) is 36.8 Å². The van der Waals surface area contributed by atoms with Crippen LogP contribution in [0, 0.1) is 11.8 Å². The lowest BCUT2D eigenvalue weighted by Crippen LogP contribution is -2.42. The molecule has 0 aliphatic carbocycles. The number of para-hydroxylation sites is 1. The minimum atomic E-state index is -0.154. The normalized spacial score (nSPS) is 21.7. The summed E-state index contributed by atoms with van der Waals surface area (Å²) in [5.41, 5.74) is 2.36. The van der Waals surface area contributed by atoms with Gasteiger partial charge in [0, 0.05) is 49.7 Å². The average molecular weight is 353 g/mol. The standard InChI is InChI=1S/C21H27N3O2/c1-15-6-9-23(10-7-15)21(26)17-12-20(25)24(14-17)11-8-16-13-22-19-5-3-2-4-18(16)19/h2-5,13,15,17,22H,6-12,14H2,1H3. The first kappa shape index (κ1) is 17.1. The van der Waals surface area contributed by atoms with E-state index in [0.717, 1.165) is 37.9 Å². The predicted octanol–water partition coefficient (Wildman–Crippen LogP) is 2.82. The van der Waals surface area contributed by atoms with E-state index < -0.39 is 0 Å². The fraction of sp³-hybridized carbons (Fsp3) is 0.524. The van der Waals surface area contributed by atoms with Crippen LogP contribution in [0.3, 0.4) is 0 Å². The molecule has 138 valence electrons. The van der Waals surface area contributed by atoms with Crippen LogP contribution in [0.1, 0.15) is 31.7 Å². The average Bonchev–Trinajstić information content (AvgIpc) is 3.23. The number of likely N-dealkylation sites (tertiary alicyclic amines) is 2. The predicted molar refractivity (Wildman–Crippen MR) is 102 cm³/mol. The Bertz CT molecular complexity index is 804. The topological polar surface area (TPSA) is 56.4 Å². The summed E-state index contributed by atoms with van der Waals surface area (Å²) < 4.78 is 0. The lowest BCUT2D eigenvalue weighted by atomic mass is 9.97. The molecule has 0 spiro atoms. The molecule has 0 saturated carbocycles. The van der Waals surface area contributed by atoms with Crippen LogP contribution in [0.4, 0.5) is 0 Å². The lowest BCUT2D eigenvalue weighted by molar-refractivity contribution is -0.137. The van der Waals surface area contributed by atoms with Crippen molar-refractivity contribution in [2.75, 3.05) is 26.2 Å². The Hall–Kier alpha value is -2.30. The third-order valence-electron chi connectivity index (χ3n) is 5.99. The Kier molecular flexibility index (Phi) is 4.70. The van der Waals surface area contributed by atoms with Crippen LogP contribution in [0.25, 0.3) is 10.9 Å². The highest BCUT2D eigenvalue weighted by molar-refractivity contribution is 5.89. The van der Waals surface area contributed by atoms with E-state index in [1.807, 2.05) is 28.1 Å². The van der Waals surface area contributed by atoms with Gasteiger partial charge in [0.1, 0.15) is 0 Å². The summed E-state index contributed by atoms with van der Waals surface area (Å²) >= 11 is 0. The van der Waals surface area contributed by atoms with Gasteiger partial charge in [0.2, 0.25) is 11.8 Å². The summed E-state index contributed by atoms with van der Waals surface area (Å²) in [7, 11) is 0. The molecule has 2 aliphatic heterocycles. The van der Waals surface area contributed by atoms with Crippen LogP contribution >= 0.6 is 0 Å². The van der Waals surface area contributed by atoms with Crippen molar-refractivity contribution < 1.29 is 9.59 Å². The molecule has 0 bridgehead atoms. The molecule has 2 aliphatic rings. The largest absolute Gasteiger partial charge is 0.361 e. The molecule has 5 heteroatoms. The molecule has 1 aromatic heterocycles. The monoisotopic (exact) mass is 353 g/mol. The number of hydrogen-bond acceptors (Lipinski definition) is 2. The first-order valence-electron chi connectivity index (χ1n) is 9.73. The number of piperidine rings is 1. The SMILES string of the molecule is CC1CCN(C(=O)C2CC(=O)N(CCc3c[nH]c4ccccc34)C2)CC1. The van der Waals surface area contributed by atoms with Crippen molar-refractivity contribution >= 4 is 22.7 Å². The Morgan fingerprint density at radius 3 is 2.81 bits per heavy atom. The summed E-state index contributed by atoms with van der Waals surface area (Å²) in [5.74, 6) is 0.851. The summed E-state index contributed by atoms with van der Waals surface area (Å²) in [4.78, 5) is 32.3. The number of amides is 2. The second-order valence-corrected chi connectivity index (χ2v) is 7.86. The van der Waals surface area contributed by atoms with Gasteiger partial charge < -0.3 is 14.8 Å². The number of hydrogen-bond donors (Lipinski definition) is 1. The molecule has 1 N–H and O–H groups in total. The highest BCUT2D eigenvalue weighted by atomic mass is 16.2. The summed E-state index contributed by atoms with van der Waals surface area (Å²) in [6.45, 7) is 5.20. The molecule has 2 fully saturated rings. The number of nitrogens with one attached hydrogen (secondary N) is 1. The fourth-order valence-corrected chi connectivity index (χ4v) is 4.23. The van der Waals surface area contributed by atoms with Gasteiger partial charge in [-0.2, -0.15) is 0 Å². The van der Waals surface area contributed by atoms with Gasteiger partial charge in [0.25, 0.3) is 0 Å². The number of rotatable bonds is 4. The van der Waals surface area contributed by atoms with Gasteiger partial charge in [0.15, 0.2) is 0 Å². The zero-order chi connectivity index (χ0) is 18.1. The van der Waals surface area contributed by atoms with Crippen LogP contribution in [-0.2, 0) is 16.0 Å². The first-order valence-corrected chi connectivity index (χ1v) is 9.73. The summed E-state index contributed by atoms with van der Waals surface area (Å²) in [5, 5.41) is 1.22. The Labute approximate surface area is 154 Å². The number of H-pyrrole nitrogens is 1. The van der Waals surface area contributed by atoms with Gasteiger partial charge in [0.05, 0.1) is 5.92 Å². The second-order valence-electron chi connectivity index (χ2n) is 7.86. The highest BCUT2D eigenvalue weighted by Crippen LogP contribution is 2.25. The van der Waals surface area contributed by atoms with Crippen molar-refractivity contribution in [2.45, 2.75) is 32.6 Å². The van der Waals surface area contributed by atoms with Crippen molar-refractivity contribution in [1.29, 1.82) is 0 Å². The third kappa shape index (κ3) is 3.35. The zero-order valence-corrected chi connectivity index (χ0v) is 15.4. The second kappa shape index (κ2) is 7.14. The number of fused-ring (bicyclic) bond motifs is 1. The molecule has 0 radical (unpaired) electrons. The molecule has 5 nitrogen and oxygen atoms in total. The number of aromatic amines is 1. The van der Waals surface area contributed by atoms with E-state index >= 15 is 0 Å². The first-order chi connectivity index (χ1) is 12.6. The van der Waals surface area contributed by atoms with E-state index in [9.17, 15) is 9.59 Å². The molecular formula is C21H27N3O2. The van der Waals surface area contributed by atoms with E-state index in [1.54, 1.807) is 0 Å². The van der Waals surface area contributed by atoms with E-state index in [2.05, 4.69) is 24.0 Å². The van der Waals surface area contributed by atoms with Crippen molar-refractivity contribution in [1.82, 2.24) is 14.8 Å². The van der Waals surface area contributed by atoms with Crippen molar-refractivity contribution in [3.8, 4) is 0 Å². The zero-order valence-electron chi connectivity index (χ0n) is 15.4. The Morgan fingerprint density at radius 2 is 2.00 bits per heavy atom. The summed E-state index contributed by atoms with van der Waals surface area (Å²) in [6.07, 6.45) is 5.38. The number of nitrogens with zero attached hydrogens (tertiary/aromatic N) is 2. The lowest BCUT2D eigenvalue weighted by Gasteiger charge is -2.32. The van der Waals surface area contributed by atoms with Crippen LogP contribution in [0.2, 0.25) is 0 Å². The highest BCUT2D eigenvalue weighted by Gasteiger charge is 2.36. The van der Waals surface area contributed by atoms with Crippen molar-refractivity contribution in [3.05, 3.63) is 36.0 Å². The van der Waals surface area contributed by atoms with Gasteiger partial charge in [-0.15, -0.1) is 0 Å². The van der Waals surface area contributed by atoms with Crippen LogP contribution in [0.5, 0.6) is 0 Å². The molecule has 4 rings (SSSR count). The maximum atomic E-state index is 12.7. The Morgan fingerprint density at radius 1 is 1.23 bits per heavy atom.